The minimum absolute atomic E-state index is 0.0831. The number of oxazole rings is 1. The summed E-state index contributed by atoms with van der Waals surface area (Å²) in [5.74, 6) is 1.18. The third kappa shape index (κ3) is 4.09. The number of aromatic nitrogens is 3. The number of rotatable bonds is 6. The molecule has 5 aromatic rings. The highest BCUT2D eigenvalue weighted by molar-refractivity contribution is 5.91. The van der Waals surface area contributed by atoms with Crippen LogP contribution in [0.15, 0.2) is 95.8 Å². The van der Waals surface area contributed by atoms with Crippen LogP contribution in [-0.2, 0) is 11.2 Å². The lowest BCUT2D eigenvalue weighted by atomic mass is 10.2. The summed E-state index contributed by atoms with van der Waals surface area (Å²) in [5, 5.41) is 2.93. The maximum absolute atomic E-state index is 12.4. The summed E-state index contributed by atoms with van der Waals surface area (Å²) in [6, 6.07) is 25.5. The number of aryl methyl sites for hydroxylation is 1. The first-order valence-electron chi connectivity index (χ1n) is 10.1. The lowest BCUT2D eigenvalue weighted by Gasteiger charge is -2.07. The molecule has 1 amide bonds. The van der Waals surface area contributed by atoms with E-state index in [-0.39, 0.29) is 5.91 Å². The second kappa shape index (κ2) is 8.28. The molecule has 0 saturated heterocycles. The van der Waals surface area contributed by atoms with Crippen molar-refractivity contribution in [1.82, 2.24) is 14.5 Å². The Kier molecular flexibility index (Phi) is 5.02. The molecule has 0 unspecified atom stereocenters. The SMILES string of the molecule is O=C(CCc1ncc(-c2ccccc2)o1)Nc1ccc(-n2cnc3ccccc32)cc1. The summed E-state index contributed by atoms with van der Waals surface area (Å²) in [4.78, 5) is 21.1. The van der Waals surface area contributed by atoms with Crippen molar-refractivity contribution in [3.05, 3.63) is 97.3 Å². The fraction of sp³-hybridized carbons (Fsp3) is 0.0800. The van der Waals surface area contributed by atoms with Crippen LogP contribution in [0.3, 0.4) is 0 Å². The van der Waals surface area contributed by atoms with Gasteiger partial charge in [0.05, 0.1) is 17.2 Å². The Morgan fingerprint density at radius 1 is 0.903 bits per heavy atom. The molecule has 0 spiro atoms. The van der Waals surface area contributed by atoms with Gasteiger partial charge in [0.15, 0.2) is 11.7 Å². The molecule has 6 nitrogen and oxygen atoms in total. The number of nitrogens with zero attached hydrogens (tertiary/aromatic N) is 3. The number of carbonyl (C=O) groups excluding carboxylic acids is 1. The Hall–Kier alpha value is -4.19. The Morgan fingerprint density at radius 3 is 2.52 bits per heavy atom. The molecule has 152 valence electrons. The van der Waals surface area contributed by atoms with Crippen LogP contribution in [-0.4, -0.2) is 20.4 Å². The predicted octanol–water partition coefficient (Wildman–Crippen LogP) is 5.25. The topological polar surface area (TPSA) is 73.0 Å². The number of hydrogen-bond donors (Lipinski definition) is 1. The van der Waals surface area contributed by atoms with Crippen molar-refractivity contribution < 1.29 is 9.21 Å². The van der Waals surface area contributed by atoms with E-state index in [1.54, 1.807) is 12.5 Å². The van der Waals surface area contributed by atoms with E-state index in [0.29, 0.717) is 24.5 Å². The number of hydrogen-bond acceptors (Lipinski definition) is 4. The number of amides is 1. The molecule has 2 aromatic heterocycles. The van der Waals surface area contributed by atoms with Crippen molar-refractivity contribution in [1.29, 1.82) is 0 Å². The van der Waals surface area contributed by atoms with Gasteiger partial charge in [-0.15, -0.1) is 0 Å². The molecule has 6 heteroatoms. The standard InChI is InChI=1S/C25H20N4O2/c30-24(14-15-25-26-16-23(31-25)18-6-2-1-3-7-18)28-19-10-12-20(13-11-19)29-17-27-21-8-4-5-9-22(21)29/h1-13,16-17H,14-15H2,(H,28,30). The summed E-state index contributed by atoms with van der Waals surface area (Å²) in [7, 11) is 0. The van der Waals surface area contributed by atoms with Gasteiger partial charge in [-0.1, -0.05) is 42.5 Å². The molecule has 1 N–H and O–H groups in total. The summed E-state index contributed by atoms with van der Waals surface area (Å²) in [5.41, 5.74) is 4.69. The second-order valence-electron chi connectivity index (χ2n) is 7.18. The third-order valence-corrected chi connectivity index (χ3v) is 5.06. The third-order valence-electron chi connectivity index (χ3n) is 5.06. The average Bonchev–Trinajstić information content (AvgIpc) is 3.46. The molecule has 0 bridgehead atoms. The first-order valence-corrected chi connectivity index (χ1v) is 10.1. The van der Waals surface area contributed by atoms with Crippen molar-refractivity contribution in [2.45, 2.75) is 12.8 Å². The minimum atomic E-state index is -0.0831. The summed E-state index contributed by atoms with van der Waals surface area (Å²) >= 11 is 0. The Morgan fingerprint density at radius 2 is 1.68 bits per heavy atom. The van der Waals surface area contributed by atoms with Crippen LogP contribution in [0.25, 0.3) is 28.0 Å². The van der Waals surface area contributed by atoms with Crippen molar-refractivity contribution in [2.24, 2.45) is 0 Å². The van der Waals surface area contributed by atoms with Gasteiger partial charge in [-0.3, -0.25) is 9.36 Å². The van der Waals surface area contributed by atoms with Crippen LogP contribution in [0.4, 0.5) is 5.69 Å². The highest BCUT2D eigenvalue weighted by Crippen LogP contribution is 2.21. The smallest absolute Gasteiger partial charge is 0.224 e. The zero-order valence-corrected chi connectivity index (χ0v) is 16.7. The average molecular weight is 408 g/mol. The molecule has 0 aliphatic carbocycles. The van der Waals surface area contributed by atoms with E-state index in [2.05, 4.69) is 15.3 Å². The first-order chi connectivity index (χ1) is 15.3. The van der Waals surface area contributed by atoms with Crippen LogP contribution in [0.5, 0.6) is 0 Å². The first kappa shape index (κ1) is 18.8. The number of fused-ring (bicyclic) bond motifs is 1. The molecular formula is C25H20N4O2. The van der Waals surface area contributed by atoms with Gasteiger partial charge in [0, 0.05) is 29.8 Å². The van der Waals surface area contributed by atoms with Gasteiger partial charge in [0.25, 0.3) is 0 Å². The zero-order chi connectivity index (χ0) is 21.0. The molecule has 3 aromatic carbocycles. The molecular weight excluding hydrogens is 388 g/mol. The van der Waals surface area contributed by atoms with Crippen LogP contribution < -0.4 is 5.32 Å². The number of nitrogens with one attached hydrogen (secondary N) is 1. The fourth-order valence-electron chi connectivity index (χ4n) is 3.48. The van der Waals surface area contributed by atoms with Gasteiger partial charge in [0.1, 0.15) is 6.33 Å². The summed E-state index contributed by atoms with van der Waals surface area (Å²) in [6.07, 6.45) is 4.24. The minimum Gasteiger partial charge on any atom is -0.441 e. The highest BCUT2D eigenvalue weighted by Gasteiger charge is 2.10. The quantitative estimate of drug-likeness (QED) is 0.416. The summed E-state index contributed by atoms with van der Waals surface area (Å²) < 4.78 is 7.78. The van der Waals surface area contributed by atoms with Gasteiger partial charge in [0.2, 0.25) is 5.91 Å². The van der Waals surface area contributed by atoms with E-state index in [4.69, 9.17) is 4.42 Å². The van der Waals surface area contributed by atoms with Crippen molar-refractivity contribution >= 4 is 22.6 Å². The van der Waals surface area contributed by atoms with E-state index >= 15 is 0 Å². The molecule has 0 aliphatic heterocycles. The molecule has 0 aliphatic rings. The molecule has 0 fully saturated rings. The number of imidazole rings is 1. The highest BCUT2D eigenvalue weighted by atomic mass is 16.4. The maximum Gasteiger partial charge on any atom is 0.224 e. The molecule has 5 rings (SSSR count). The van der Waals surface area contributed by atoms with Gasteiger partial charge < -0.3 is 9.73 Å². The molecule has 0 atom stereocenters. The van der Waals surface area contributed by atoms with Gasteiger partial charge in [-0.05, 0) is 36.4 Å². The number of benzene rings is 3. The molecule has 2 heterocycles. The van der Waals surface area contributed by atoms with Crippen LogP contribution in [0.2, 0.25) is 0 Å². The largest absolute Gasteiger partial charge is 0.441 e. The van der Waals surface area contributed by atoms with Crippen molar-refractivity contribution in [3.63, 3.8) is 0 Å². The Labute approximate surface area is 179 Å². The van der Waals surface area contributed by atoms with Crippen LogP contribution in [0.1, 0.15) is 12.3 Å². The van der Waals surface area contributed by atoms with E-state index in [9.17, 15) is 4.79 Å². The van der Waals surface area contributed by atoms with Crippen LogP contribution >= 0.6 is 0 Å². The molecule has 0 saturated carbocycles. The van der Waals surface area contributed by atoms with Gasteiger partial charge in [-0.25, -0.2) is 9.97 Å². The normalized spacial score (nSPS) is 11.0. The molecule has 0 radical (unpaired) electrons. The van der Waals surface area contributed by atoms with E-state index in [1.807, 2.05) is 83.4 Å². The van der Waals surface area contributed by atoms with Crippen molar-refractivity contribution in [3.8, 4) is 17.0 Å². The molecule has 31 heavy (non-hydrogen) atoms. The number of anilines is 1. The van der Waals surface area contributed by atoms with Crippen LogP contribution in [0, 0.1) is 0 Å². The maximum atomic E-state index is 12.4. The Bertz CT molecular complexity index is 1320. The number of para-hydroxylation sites is 2. The fourth-order valence-corrected chi connectivity index (χ4v) is 3.48. The van der Waals surface area contributed by atoms with E-state index in [0.717, 1.165) is 28.0 Å². The van der Waals surface area contributed by atoms with Crippen molar-refractivity contribution in [2.75, 3.05) is 5.32 Å². The lowest BCUT2D eigenvalue weighted by Crippen LogP contribution is -2.12. The number of carbonyl (C=O) groups is 1. The zero-order valence-electron chi connectivity index (χ0n) is 16.7. The van der Waals surface area contributed by atoms with E-state index < -0.39 is 0 Å². The lowest BCUT2D eigenvalue weighted by molar-refractivity contribution is -0.116. The monoisotopic (exact) mass is 408 g/mol. The van der Waals surface area contributed by atoms with E-state index in [1.165, 1.54) is 0 Å². The second-order valence-corrected chi connectivity index (χ2v) is 7.18. The predicted molar refractivity (Wildman–Crippen MR) is 120 cm³/mol. The van der Waals surface area contributed by atoms with Gasteiger partial charge in [-0.2, -0.15) is 0 Å². The Balaban J connectivity index is 1.20. The van der Waals surface area contributed by atoms with Gasteiger partial charge >= 0.3 is 0 Å². The summed E-state index contributed by atoms with van der Waals surface area (Å²) in [6.45, 7) is 0.